The van der Waals surface area contributed by atoms with Crippen LogP contribution in [-0.4, -0.2) is 35.1 Å². The highest BCUT2D eigenvalue weighted by Crippen LogP contribution is 2.14. The predicted octanol–water partition coefficient (Wildman–Crippen LogP) is 2.27. The van der Waals surface area contributed by atoms with E-state index in [0.717, 1.165) is 0 Å². The molecule has 2 nitrogen and oxygen atoms in total. The summed E-state index contributed by atoms with van der Waals surface area (Å²) in [6.07, 6.45) is -5.12. The molecule has 0 N–H and O–H groups in total. The van der Waals surface area contributed by atoms with Crippen molar-refractivity contribution in [3.05, 3.63) is 0 Å². The maximum Gasteiger partial charge on any atom is 0.321 e. The van der Waals surface area contributed by atoms with Crippen LogP contribution in [0.3, 0.4) is 0 Å². The highest BCUT2D eigenvalue weighted by atomic mass is 28.3. The van der Waals surface area contributed by atoms with Crippen molar-refractivity contribution in [2.45, 2.75) is 38.9 Å². The number of hydrogen-bond acceptors (Lipinski definition) is 2. The topological polar surface area (TPSA) is 18.5 Å². The molecule has 0 bridgehead atoms. The zero-order valence-corrected chi connectivity index (χ0v) is 9.67. The minimum absolute atomic E-state index is 0.172. The normalized spacial score (nSPS) is 13.9. The molecule has 1 unspecified atom stereocenters. The first kappa shape index (κ1) is 13.9. The summed E-state index contributed by atoms with van der Waals surface area (Å²) >= 11 is 0. The molecule has 0 fully saturated rings. The van der Waals surface area contributed by atoms with Crippen molar-refractivity contribution in [2.24, 2.45) is 0 Å². The lowest BCUT2D eigenvalue weighted by Gasteiger charge is -2.15. The molecule has 0 saturated carbocycles. The second kappa shape index (κ2) is 8.25. The molecule has 0 aromatic carbocycles. The molecule has 0 spiro atoms. The van der Waals surface area contributed by atoms with Crippen LogP contribution in [0.1, 0.15) is 20.3 Å². The summed E-state index contributed by atoms with van der Waals surface area (Å²) in [5, 5.41) is 0. The Morgan fingerprint density at radius 3 is 1.93 bits per heavy atom. The third kappa shape index (κ3) is 6.39. The van der Waals surface area contributed by atoms with E-state index in [2.05, 4.69) is 0 Å². The Hall–Kier alpha value is -0.0731. The van der Waals surface area contributed by atoms with Crippen LogP contribution in [0.4, 0.5) is 13.2 Å². The van der Waals surface area contributed by atoms with Crippen LogP contribution in [0, 0.1) is 0 Å². The van der Waals surface area contributed by atoms with E-state index in [-0.39, 0.29) is 6.42 Å². The van der Waals surface area contributed by atoms with E-state index in [0.29, 0.717) is 19.3 Å². The maximum absolute atomic E-state index is 12.5. The van der Waals surface area contributed by atoms with Gasteiger partial charge in [0, 0.05) is 13.2 Å². The van der Waals surface area contributed by atoms with Gasteiger partial charge in [-0.15, -0.1) is 0 Å². The molecule has 0 amide bonds. The van der Waals surface area contributed by atoms with Crippen LogP contribution in [-0.2, 0) is 8.85 Å². The van der Waals surface area contributed by atoms with Gasteiger partial charge in [0.15, 0.2) is 6.17 Å². The van der Waals surface area contributed by atoms with Crippen LogP contribution in [0.2, 0.25) is 6.04 Å². The molecule has 0 rings (SSSR count). The molecule has 0 aliphatic carbocycles. The van der Waals surface area contributed by atoms with Crippen LogP contribution < -0.4 is 0 Å². The van der Waals surface area contributed by atoms with Crippen LogP contribution in [0.15, 0.2) is 0 Å². The van der Waals surface area contributed by atoms with Crippen molar-refractivity contribution in [3.8, 4) is 0 Å². The number of hydrogen-bond donors (Lipinski definition) is 0. The lowest BCUT2D eigenvalue weighted by Crippen LogP contribution is -2.25. The first-order valence-corrected chi connectivity index (χ1v) is 6.53. The Morgan fingerprint density at radius 1 is 1.07 bits per heavy atom. The van der Waals surface area contributed by atoms with Crippen molar-refractivity contribution in [1.82, 2.24) is 0 Å². The molecule has 0 radical (unpaired) electrons. The zero-order chi connectivity index (χ0) is 11.0. The van der Waals surface area contributed by atoms with E-state index in [1.165, 1.54) is 0 Å². The fourth-order valence-corrected chi connectivity index (χ4v) is 2.77. The van der Waals surface area contributed by atoms with Gasteiger partial charge in [0.2, 0.25) is 0 Å². The standard InChI is InChI=1S/C8H17F3O2Si/c1-3-12-14(13-4-2)6-5-7(9)8(10)11/h7-8,14H,3-6H2,1-2H3. The molecule has 86 valence electrons. The highest BCUT2D eigenvalue weighted by molar-refractivity contribution is 6.44. The molecule has 0 aromatic rings. The summed E-state index contributed by atoms with van der Waals surface area (Å²) in [6.45, 7) is 4.59. The summed E-state index contributed by atoms with van der Waals surface area (Å²) in [6, 6.07) is 0.299. The largest absolute Gasteiger partial charge is 0.397 e. The summed E-state index contributed by atoms with van der Waals surface area (Å²) in [7, 11) is -1.90. The Labute approximate surface area is 84.2 Å². The molecule has 0 aromatic heterocycles. The molecule has 14 heavy (non-hydrogen) atoms. The fraction of sp³-hybridized carbons (Fsp3) is 1.00. The third-order valence-electron chi connectivity index (χ3n) is 1.66. The average Bonchev–Trinajstić information content (AvgIpc) is 2.14. The van der Waals surface area contributed by atoms with Gasteiger partial charge in [-0.1, -0.05) is 0 Å². The third-order valence-corrected chi connectivity index (χ3v) is 3.87. The minimum atomic E-state index is -2.90. The Balaban J connectivity index is 3.68. The van der Waals surface area contributed by atoms with Gasteiger partial charge in [-0.3, -0.25) is 0 Å². The monoisotopic (exact) mass is 230 g/mol. The van der Waals surface area contributed by atoms with Gasteiger partial charge in [-0.05, 0) is 26.3 Å². The van der Waals surface area contributed by atoms with Crippen molar-refractivity contribution in [2.75, 3.05) is 13.2 Å². The Bertz CT molecular complexity index is 132. The highest BCUT2D eigenvalue weighted by Gasteiger charge is 2.22. The number of rotatable bonds is 8. The van der Waals surface area contributed by atoms with Gasteiger partial charge in [0.1, 0.15) is 0 Å². The second-order valence-corrected chi connectivity index (χ2v) is 4.87. The van der Waals surface area contributed by atoms with Gasteiger partial charge in [0.25, 0.3) is 6.43 Å². The van der Waals surface area contributed by atoms with E-state index in [9.17, 15) is 13.2 Å². The van der Waals surface area contributed by atoms with Crippen LogP contribution in [0.25, 0.3) is 0 Å². The molecular weight excluding hydrogens is 213 g/mol. The van der Waals surface area contributed by atoms with Crippen molar-refractivity contribution in [3.63, 3.8) is 0 Å². The van der Waals surface area contributed by atoms with Gasteiger partial charge in [-0.2, -0.15) is 0 Å². The van der Waals surface area contributed by atoms with E-state index in [4.69, 9.17) is 8.85 Å². The molecular formula is C8H17F3O2Si. The lowest BCUT2D eigenvalue weighted by molar-refractivity contribution is 0.0467. The molecule has 0 saturated heterocycles. The smallest absolute Gasteiger partial charge is 0.321 e. The lowest BCUT2D eigenvalue weighted by atomic mass is 10.3. The van der Waals surface area contributed by atoms with Crippen molar-refractivity contribution >= 4 is 9.28 Å². The fourth-order valence-electron chi connectivity index (χ4n) is 1.01. The van der Waals surface area contributed by atoms with E-state index in [1.54, 1.807) is 13.8 Å². The Morgan fingerprint density at radius 2 is 1.57 bits per heavy atom. The SMILES string of the molecule is CCO[SiH](CCC(F)C(F)F)OCC. The van der Waals surface area contributed by atoms with Gasteiger partial charge < -0.3 is 8.85 Å². The second-order valence-electron chi connectivity index (χ2n) is 2.77. The maximum atomic E-state index is 12.5. The molecule has 0 heterocycles. The van der Waals surface area contributed by atoms with Gasteiger partial charge in [-0.25, -0.2) is 13.2 Å². The minimum Gasteiger partial charge on any atom is -0.397 e. The predicted molar refractivity (Wildman–Crippen MR) is 50.7 cm³/mol. The van der Waals surface area contributed by atoms with E-state index >= 15 is 0 Å². The van der Waals surface area contributed by atoms with Crippen molar-refractivity contribution in [1.29, 1.82) is 0 Å². The summed E-state index contributed by atoms with van der Waals surface area (Å²) in [5.41, 5.74) is 0. The van der Waals surface area contributed by atoms with Crippen LogP contribution >= 0.6 is 0 Å². The molecule has 1 atom stereocenters. The number of halogens is 3. The molecule has 6 heteroatoms. The molecule has 0 aliphatic rings. The summed E-state index contributed by atoms with van der Waals surface area (Å²) in [4.78, 5) is 0. The first-order chi connectivity index (χ1) is 6.61. The van der Waals surface area contributed by atoms with Crippen LogP contribution in [0.5, 0.6) is 0 Å². The van der Waals surface area contributed by atoms with Gasteiger partial charge in [0.05, 0.1) is 0 Å². The quantitative estimate of drug-likeness (QED) is 0.596. The Kier molecular flexibility index (Phi) is 8.21. The van der Waals surface area contributed by atoms with E-state index < -0.39 is 21.9 Å². The number of alkyl halides is 3. The first-order valence-electron chi connectivity index (χ1n) is 4.77. The average molecular weight is 230 g/mol. The summed E-state index contributed by atoms with van der Waals surface area (Å²) < 4.78 is 46.6. The zero-order valence-electron chi connectivity index (χ0n) is 8.51. The summed E-state index contributed by atoms with van der Waals surface area (Å²) in [5.74, 6) is 0. The van der Waals surface area contributed by atoms with E-state index in [1.807, 2.05) is 0 Å². The van der Waals surface area contributed by atoms with Crippen molar-refractivity contribution < 1.29 is 22.0 Å². The van der Waals surface area contributed by atoms with Gasteiger partial charge >= 0.3 is 9.28 Å². The molecule has 0 aliphatic heterocycles.